The normalized spacial score (nSPS) is 15.1. The molecule has 0 saturated heterocycles. The Bertz CT molecular complexity index is 449. The molecule has 1 heterocycles. The fourth-order valence-corrected chi connectivity index (χ4v) is 2.96. The largest absolute Gasteiger partial charge is 0.468 e. The molecule has 2 atom stereocenters. The van der Waals surface area contributed by atoms with Crippen molar-refractivity contribution in [2.45, 2.75) is 59.0 Å². The quantitative estimate of drug-likeness (QED) is 0.864. The average molecular weight is 284 g/mol. The Morgan fingerprint density at radius 2 is 1.95 bits per heavy atom. The van der Waals surface area contributed by atoms with Gasteiger partial charge in [0.15, 0.2) is 0 Å². The highest BCUT2D eigenvalue weighted by Crippen LogP contribution is 2.32. The molecule has 19 heavy (non-hydrogen) atoms. The molecule has 0 aliphatic rings. The number of nitrogens with one attached hydrogen (secondary N) is 1. The number of aromatic nitrogens is 1. The van der Waals surface area contributed by atoms with Crippen molar-refractivity contribution >= 4 is 17.3 Å². The van der Waals surface area contributed by atoms with Gasteiger partial charge in [-0.05, 0) is 20.8 Å². The number of esters is 1. The molecular weight excluding hydrogens is 260 g/mol. The van der Waals surface area contributed by atoms with E-state index in [2.05, 4.69) is 31.1 Å². The first kappa shape index (κ1) is 16.1. The second kappa shape index (κ2) is 6.01. The highest BCUT2D eigenvalue weighted by atomic mass is 32.1. The maximum absolute atomic E-state index is 11.4. The highest BCUT2D eigenvalue weighted by Gasteiger charge is 2.24. The van der Waals surface area contributed by atoms with Crippen molar-refractivity contribution in [2.24, 2.45) is 0 Å². The lowest BCUT2D eigenvalue weighted by Gasteiger charge is -2.17. The van der Waals surface area contributed by atoms with Crippen LogP contribution < -0.4 is 5.32 Å². The molecule has 5 heteroatoms. The monoisotopic (exact) mass is 284 g/mol. The summed E-state index contributed by atoms with van der Waals surface area (Å²) in [5.41, 5.74) is 1.09. The van der Waals surface area contributed by atoms with Crippen LogP contribution in [0.15, 0.2) is 0 Å². The van der Waals surface area contributed by atoms with Crippen molar-refractivity contribution in [3.05, 3.63) is 15.6 Å². The van der Waals surface area contributed by atoms with E-state index < -0.39 is 0 Å². The predicted octanol–water partition coefficient (Wildman–Crippen LogP) is 2.96. The van der Waals surface area contributed by atoms with E-state index >= 15 is 0 Å². The van der Waals surface area contributed by atoms with Crippen molar-refractivity contribution in [1.82, 2.24) is 10.3 Å². The third-order valence-electron chi connectivity index (χ3n) is 2.92. The summed E-state index contributed by atoms with van der Waals surface area (Å²) in [6, 6.07) is -0.234. The Morgan fingerprint density at radius 3 is 2.37 bits per heavy atom. The van der Waals surface area contributed by atoms with Gasteiger partial charge < -0.3 is 4.74 Å². The van der Waals surface area contributed by atoms with Gasteiger partial charge in [0, 0.05) is 16.3 Å². The molecule has 0 aliphatic carbocycles. The Morgan fingerprint density at radius 1 is 1.37 bits per heavy atom. The number of nitrogens with zero attached hydrogens (tertiary/aromatic N) is 1. The fraction of sp³-hybridized carbons (Fsp3) is 0.714. The van der Waals surface area contributed by atoms with Crippen molar-refractivity contribution in [1.29, 1.82) is 0 Å². The molecule has 1 aromatic heterocycles. The zero-order valence-corrected chi connectivity index (χ0v) is 13.6. The van der Waals surface area contributed by atoms with Gasteiger partial charge in [-0.25, -0.2) is 4.98 Å². The van der Waals surface area contributed by atoms with Crippen LogP contribution in [0, 0.1) is 6.92 Å². The Kier molecular flexibility index (Phi) is 5.10. The van der Waals surface area contributed by atoms with Gasteiger partial charge in [0.1, 0.15) is 6.04 Å². The van der Waals surface area contributed by atoms with Crippen molar-refractivity contribution in [2.75, 3.05) is 7.11 Å². The van der Waals surface area contributed by atoms with Crippen molar-refractivity contribution in [3.63, 3.8) is 0 Å². The summed E-state index contributed by atoms with van der Waals surface area (Å²) in [7, 11) is 1.40. The minimum atomic E-state index is -0.320. The van der Waals surface area contributed by atoms with Crippen molar-refractivity contribution < 1.29 is 9.53 Å². The first-order valence-corrected chi connectivity index (χ1v) is 7.30. The predicted molar refractivity (Wildman–Crippen MR) is 78.6 cm³/mol. The molecule has 0 saturated carbocycles. The molecule has 1 aromatic rings. The zero-order valence-electron chi connectivity index (χ0n) is 12.8. The number of carbonyl (C=O) groups excluding carboxylic acids is 1. The van der Waals surface area contributed by atoms with E-state index in [-0.39, 0.29) is 23.5 Å². The van der Waals surface area contributed by atoms with Gasteiger partial charge in [0.2, 0.25) is 0 Å². The molecule has 0 radical (unpaired) electrons. The lowest BCUT2D eigenvalue weighted by Crippen LogP contribution is -2.36. The molecule has 0 spiro atoms. The van der Waals surface area contributed by atoms with Crippen molar-refractivity contribution in [3.8, 4) is 0 Å². The van der Waals surface area contributed by atoms with Gasteiger partial charge >= 0.3 is 5.97 Å². The molecule has 1 N–H and O–H groups in total. The van der Waals surface area contributed by atoms with Crippen LogP contribution in [-0.4, -0.2) is 24.1 Å². The molecule has 0 bridgehead atoms. The topological polar surface area (TPSA) is 51.2 Å². The molecule has 0 aliphatic heterocycles. The summed E-state index contributed by atoms with van der Waals surface area (Å²) in [6.45, 7) is 12.3. The van der Waals surface area contributed by atoms with E-state index in [1.807, 2.05) is 20.8 Å². The number of hydrogen-bond donors (Lipinski definition) is 1. The smallest absolute Gasteiger partial charge is 0.322 e. The lowest BCUT2D eigenvalue weighted by molar-refractivity contribution is -0.142. The van der Waals surface area contributed by atoms with Gasteiger partial charge in [0.05, 0.1) is 17.8 Å². The van der Waals surface area contributed by atoms with Crippen LogP contribution in [0.25, 0.3) is 0 Å². The van der Waals surface area contributed by atoms with Crippen LogP contribution in [0.4, 0.5) is 0 Å². The third kappa shape index (κ3) is 4.01. The molecule has 0 aromatic carbocycles. The number of thiazole rings is 1. The van der Waals surface area contributed by atoms with Gasteiger partial charge in [-0.3, -0.25) is 10.1 Å². The van der Waals surface area contributed by atoms with Gasteiger partial charge in [-0.1, -0.05) is 20.8 Å². The molecule has 4 nitrogen and oxygen atoms in total. The Labute approximate surface area is 119 Å². The van der Waals surface area contributed by atoms with E-state index in [9.17, 15) is 4.79 Å². The molecule has 0 fully saturated rings. The van der Waals surface area contributed by atoms with Crippen LogP contribution >= 0.6 is 11.3 Å². The van der Waals surface area contributed by atoms with Gasteiger partial charge in [-0.15, -0.1) is 11.3 Å². The molecular formula is C14H24N2O2S. The minimum Gasteiger partial charge on any atom is -0.468 e. The SMILES string of the molecule is COC(=O)C(C)NC(C)c1sc(C(C)(C)C)nc1C. The highest BCUT2D eigenvalue weighted by molar-refractivity contribution is 7.12. The van der Waals surface area contributed by atoms with E-state index in [1.54, 1.807) is 11.3 Å². The summed E-state index contributed by atoms with van der Waals surface area (Å²) >= 11 is 1.71. The fourth-order valence-electron chi connectivity index (χ4n) is 1.83. The van der Waals surface area contributed by atoms with Crippen LogP contribution in [-0.2, 0) is 14.9 Å². The summed E-state index contributed by atoms with van der Waals surface area (Å²) < 4.78 is 4.72. The maximum atomic E-state index is 11.4. The van der Waals surface area contributed by atoms with E-state index in [4.69, 9.17) is 4.74 Å². The summed E-state index contributed by atoms with van der Waals surface area (Å²) in [5, 5.41) is 4.37. The second-order valence-corrected chi connectivity index (χ2v) is 6.88. The molecule has 0 amide bonds. The third-order valence-corrected chi connectivity index (χ3v) is 4.69. The van der Waals surface area contributed by atoms with Crippen LogP contribution in [0.2, 0.25) is 0 Å². The summed E-state index contributed by atoms with van der Waals surface area (Å²) in [4.78, 5) is 17.2. The number of rotatable bonds is 4. The van der Waals surface area contributed by atoms with Gasteiger partial charge in [-0.2, -0.15) is 0 Å². The Balaban J connectivity index is 2.86. The summed E-state index contributed by atoms with van der Waals surface area (Å²) in [6.07, 6.45) is 0. The molecule has 108 valence electrons. The first-order chi connectivity index (χ1) is 8.66. The second-order valence-electron chi connectivity index (χ2n) is 5.85. The van der Waals surface area contributed by atoms with E-state index in [0.717, 1.165) is 10.7 Å². The standard InChI is InChI=1S/C14H24N2O2S/c1-8(15-10(3)12(17)18-7)11-9(2)16-13(19-11)14(4,5)6/h8,10,15H,1-7H3. The van der Waals surface area contributed by atoms with Crippen LogP contribution in [0.3, 0.4) is 0 Å². The maximum Gasteiger partial charge on any atom is 0.322 e. The number of aryl methyl sites for hydroxylation is 1. The molecule has 2 unspecified atom stereocenters. The van der Waals surface area contributed by atoms with Gasteiger partial charge in [0.25, 0.3) is 0 Å². The number of ether oxygens (including phenoxy) is 1. The minimum absolute atomic E-state index is 0.0569. The summed E-state index contributed by atoms with van der Waals surface area (Å²) in [5.74, 6) is -0.245. The zero-order chi connectivity index (χ0) is 14.8. The van der Waals surface area contributed by atoms with E-state index in [0.29, 0.717) is 0 Å². The average Bonchev–Trinajstić information content (AvgIpc) is 2.69. The molecule has 1 rings (SSSR count). The number of carbonyl (C=O) groups is 1. The van der Waals surface area contributed by atoms with Crippen LogP contribution in [0.1, 0.15) is 56.2 Å². The first-order valence-electron chi connectivity index (χ1n) is 6.48. The Hall–Kier alpha value is -0.940. The lowest BCUT2D eigenvalue weighted by atomic mass is 9.98. The van der Waals surface area contributed by atoms with E-state index in [1.165, 1.54) is 12.0 Å². The van der Waals surface area contributed by atoms with Crippen LogP contribution in [0.5, 0.6) is 0 Å². The number of methoxy groups -OCH3 is 1. The number of hydrogen-bond acceptors (Lipinski definition) is 5.